The average molecular weight is 241 g/mol. The van der Waals surface area contributed by atoms with Crippen LogP contribution in [0.2, 0.25) is 0 Å². The molecule has 0 amide bonds. The third kappa shape index (κ3) is 2.03. The van der Waals surface area contributed by atoms with Gasteiger partial charge in [0.1, 0.15) is 0 Å². The van der Waals surface area contributed by atoms with E-state index in [-0.39, 0.29) is 18.5 Å². The summed E-state index contributed by atoms with van der Waals surface area (Å²) in [5, 5.41) is 3.59. The number of ether oxygens (including phenoxy) is 2. The fourth-order valence-electron chi connectivity index (χ4n) is 1.64. The Hall–Kier alpha value is -1.47. The standard InChI is InChI=1S/C10H15N3O4/c1-3-16-8(14)7-12-9(17-13-7)10(2)5-15-4-6(10)11/h6H,3-5,11H2,1-2H3. The highest BCUT2D eigenvalue weighted by atomic mass is 16.5. The number of carbonyl (C=O) groups is 1. The summed E-state index contributed by atoms with van der Waals surface area (Å²) in [7, 11) is 0. The van der Waals surface area contributed by atoms with Crippen LogP contribution in [0.3, 0.4) is 0 Å². The van der Waals surface area contributed by atoms with Crippen molar-refractivity contribution in [3.05, 3.63) is 11.7 Å². The predicted molar refractivity (Wildman–Crippen MR) is 56.4 cm³/mol. The number of carbonyl (C=O) groups excluding carboxylic acids is 1. The van der Waals surface area contributed by atoms with Gasteiger partial charge in [0.2, 0.25) is 5.89 Å². The summed E-state index contributed by atoms with van der Waals surface area (Å²) in [6.07, 6.45) is 0. The van der Waals surface area contributed by atoms with E-state index in [0.29, 0.717) is 19.1 Å². The van der Waals surface area contributed by atoms with Gasteiger partial charge in [-0.1, -0.05) is 0 Å². The van der Waals surface area contributed by atoms with Gasteiger partial charge in [0.25, 0.3) is 5.82 Å². The van der Waals surface area contributed by atoms with Crippen molar-refractivity contribution in [2.24, 2.45) is 5.73 Å². The summed E-state index contributed by atoms with van der Waals surface area (Å²) in [5.74, 6) is -0.369. The number of aromatic nitrogens is 2. The van der Waals surface area contributed by atoms with Crippen LogP contribution in [0.1, 0.15) is 30.4 Å². The SMILES string of the molecule is CCOC(=O)c1noc(C2(C)COCC2N)n1. The van der Waals surface area contributed by atoms with Crippen LogP contribution in [0, 0.1) is 0 Å². The van der Waals surface area contributed by atoms with Crippen LogP contribution in [0.15, 0.2) is 4.52 Å². The molecule has 7 nitrogen and oxygen atoms in total. The second-order valence-electron chi connectivity index (χ2n) is 4.18. The molecule has 1 saturated heterocycles. The van der Waals surface area contributed by atoms with Gasteiger partial charge in [-0.25, -0.2) is 4.79 Å². The minimum Gasteiger partial charge on any atom is -0.460 e. The van der Waals surface area contributed by atoms with Crippen molar-refractivity contribution < 1.29 is 18.8 Å². The lowest BCUT2D eigenvalue weighted by atomic mass is 9.86. The zero-order valence-corrected chi connectivity index (χ0v) is 9.80. The molecule has 1 fully saturated rings. The van der Waals surface area contributed by atoms with E-state index in [4.69, 9.17) is 19.7 Å². The van der Waals surface area contributed by atoms with E-state index in [1.807, 2.05) is 6.92 Å². The molecule has 0 radical (unpaired) electrons. The van der Waals surface area contributed by atoms with Crippen molar-refractivity contribution in [3.63, 3.8) is 0 Å². The monoisotopic (exact) mass is 241 g/mol. The normalized spacial score (nSPS) is 28.3. The lowest BCUT2D eigenvalue weighted by molar-refractivity contribution is 0.0508. The van der Waals surface area contributed by atoms with Crippen LogP contribution in [-0.4, -0.2) is 42.0 Å². The summed E-state index contributed by atoms with van der Waals surface area (Å²) in [6, 6.07) is -0.224. The Morgan fingerprint density at radius 3 is 3.06 bits per heavy atom. The molecule has 0 saturated carbocycles. The predicted octanol–water partition coefficient (Wildman–Crippen LogP) is -0.138. The molecule has 2 rings (SSSR count). The molecule has 2 N–H and O–H groups in total. The van der Waals surface area contributed by atoms with Crippen molar-refractivity contribution >= 4 is 5.97 Å². The van der Waals surface area contributed by atoms with Crippen LogP contribution in [0.5, 0.6) is 0 Å². The highest BCUT2D eigenvalue weighted by molar-refractivity contribution is 5.84. The summed E-state index contributed by atoms with van der Waals surface area (Å²) in [6.45, 7) is 4.68. The maximum Gasteiger partial charge on any atom is 0.379 e. The molecule has 0 aliphatic carbocycles. The average Bonchev–Trinajstić information content (AvgIpc) is 2.88. The third-order valence-corrected chi connectivity index (χ3v) is 2.89. The topological polar surface area (TPSA) is 100 Å². The van der Waals surface area contributed by atoms with Gasteiger partial charge in [-0.05, 0) is 19.0 Å². The molecule has 0 spiro atoms. The fourth-order valence-corrected chi connectivity index (χ4v) is 1.64. The van der Waals surface area contributed by atoms with Crippen LogP contribution < -0.4 is 5.73 Å². The van der Waals surface area contributed by atoms with Crippen molar-refractivity contribution in [3.8, 4) is 0 Å². The van der Waals surface area contributed by atoms with Crippen molar-refractivity contribution in [1.29, 1.82) is 0 Å². The number of esters is 1. The van der Waals surface area contributed by atoms with Crippen LogP contribution >= 0.6 is 0 Å². The van der Waals surface area contributed by atoms with Crippen LogP contribution in [-0.2, 0) is 14.9 Å². The maximum atomic E-state index is 11.4. The van der Waals surface area contributed by atoms with Gasteiger partial charge in [0.05, 0.1) is 25.2 Å². The molecular weight excluding hydrogens is 226 g/mol. The zero-order valence-electron chi connectivity index (χ0n) is 9.80. The van der Waals surface area contributed by atoms with E-state index in [0.717, 1.165) is 0 Å². The Kier molecular flexibility index (Phi) is 3.12. The van der Waals surface area contributed by atoms with Crippen molar-refractivity contribution in [2.45, 2.75) is 25.3 Å². The quantitative estimate of drug-likeness (QED) is 0.735. The molecular formula is C10H15N3O4. The summed E-state index contributed by atoms with van der Waals surface area (Å²) >= 11 is 0. The Bertz CT molecular complexity index is 419. The second kappa shape index (κ2) is 4.42. The first-order chi connectivity index (χ1) is 8.08. The fraction of sp³-hybridized carbons (Fsp3) is 0.700. The first kappa shape index (κ1) is 12.0. The van der Waals surface area contributed by atoms with E-state index in [2.05, 4.69) is 10.1 Å². The molecule has 7 heteroatoms. The molecule has 94 valence electrons. The molecule has 2 unspecified atom stereocenters. The van der Waals surface area contributed by atoms with Gasteiger partial charge >= 0.3 is 5.97 Å². The molecule has 0 aromatic carbocycles. The van der Waals surface area contributed by atoms with Gasteiger partial charge in [0, 0.05) is 6.04 Å². The molecule has 0 bridgehead atoms. The molecule has 1 aromatic rings. The second-order valence-corrected chi connectivity index (χ2v) is 4.18. The highest BCUT2D eigenvalue weighted by Crippen LogP contribution is 2.30. The maximum absolute atomic E-state index is 11.4. The first-order valence-electron chi connectivity index (χ1n) is 5.42. The number of nitrogens with two attached hydrogens (primary N) is 1. The van der Waals surface area contributed by atoms with E-state index >= 15 is 0 Å². The van der Waals surface area contributed by atoms with E-state index in [9.17, 15) is 4.79 Å². The number of rotatable bonds is 3. The highest BCUT2D eigenvalue weighted by Gasteiger charge is 2.44. The van der Waals surface area contributed by atoms with Gasteiger partial charge in [-0.3, -0.25) is 0 Å². The minimum atomic E-state index is -0.599. The number of hydrogen-bond donors (Lipinski definition) is 1. The molecule has 17 heavy (non-hydrogen) atoms. The van der Waals surface area contributed by atoms with Gasteiger partial charge in [-0.15, -0.1) is 0 Å². The van der Waals surface area contributed by atoms with E-state index in [1.54, 1.807) is 6.92 Å². The Labute approximate surface area is 98.3 Å². The van der Waals surface area contributed by atoms with Crippen LogP contribution in [0.25, 0.3) is 0 Å². The molecule has 1 aliphatic heterocycles. The third-order valence-electron chi connectivity index (χ3n) is 2.89. The van der Waals surface area contributed by atoms with E-state index in [1.165, 1.54) is 0 Å². The lowest BCUT2D eigenvalue weighted by Gasteiger charge is -2.21. The van der Waals surface area contributed by atoms with Gasteiger partial charge in [0.15, 0.2) is 0 Å². The summed E-state index contributed by atoms with van der Waals surface area (Å²) in [4.78, 5) is 15.4. The summed E-state index contributed by atoms with van der Waals surface area (Å²) < 4.78 is 15.1. The molecule has 2 atom stereocenters. The minimum absolute atomic E-state index is 0.0813. The zero-order chi connectivity index (χ0) is 12.5. The molecule has 1 aliphatic rings. The largest absolute Gasteiger partial charge is 0.460 e. The lowest BCUT2D eigenvalue weighted by Crippen LogP contribution is -2.42. The molecule has 1 aromatic heterocycles. The van der Waals surface area contributed by atoms with Crippen LogP contribution in [0.4, 0.5) is 0 Å². The Morgan fingerprint density at radius 1 is 1.71 bits per heavy atom. The number of nitrogens with zero attached hydrogens (tertiary/aromatic N) is 2. The van der Waals surface area contributed by atoms with Crippen molar-refractivity contribution in [2.75, 3.05) is 19.8 Å². The summed E-state index contributed by atoms with van der Waals surface area (Å²) in [5.41, 5.74) is 5.38. The van der Waals surface area contributed by atoms with Crippen molar-refractivity contribution in [1.82, 2.24) is 10.1 Å². The van der Waals surface area contributed by atoms with E-state index < -0.39 is 11.4 Å². The van der Waals surface area contributed by atoms with Gasteiger partial charge in [-0.2, -0.15) is 4.98 Å². The smallest absolute Gasteiger partial charge is 0.379 e. The molecule has 2 heterocycles. The Balaban J connectivity index is 2.21. The first-order valence-corrected chi connectivity index (χ1v) is 5.42. The Morgan fingerprint density at radius 2 is 2.47 bits per heavy atom. The van der Waals surface area contributed by atoms with Gasteiger partial charge < -0.3 is 19.7 Å². The number of hydrogen-bond acceptors (Lipinski definition) is 7.